The normalized spacial score (nSPS) is 10.4. The molecule has 0 unspecified atom stereocenters. The van der Waals surface area contributed by atoms with Gasteiger partial charge in [-0.05, 0) is 61.4 Å². The number of rotatable bonds is 12. The summed E-state index contributed by atoms with van der Waals surface area (Å²) in [6.07, 6.45) is 6.77. The minimum atomic E-state index is -0.379. The molecule has 0 bridgehead atoms. The predicted octanol–water partition coefficient (Wildman–Crippen LogP) is 4.84. The Hall–Kier alpha value is -4.44. The second kappa shape index (κ2) is 13.3. The van der Waals surface area contributed by atoms with E-state index >= 15 is 0 Å². The molecule has 3 aromatic rings. The fourth-order valence-electron chi connectivity index (χ4n) is 3.11. The van der Waals surface area contributed by atoms with Crippen LogP contribution in [0.3, 0.4) is 0 Å². The molecule has 1 amide bonds. The van der Waals surface area contributed by atoms with E-state index < -0.39 is 0 Å². The first-order chi connectivity index (χ1) is 17.1. The molecular weight excluding hydrogens is 444 g/mol. The highest BCUT2D eigenvalue weighted by Crippen LogP contribution is 2.30. The molecule has 0 saturated heterocycles. The number of terminal acetylenes is 1. The van der Waals surface area contributed by atoms with Gasteiger partial charge in [0, 0.05) is 5.56 Å². The van der Waals surface area contributed by atoms with Crippen molar-refractivity contribution in [2.24, 2.45) is 5.10 Å². The number of nitrogens with one attached hydrogen (secondary N) is 1. The molecule has 0 aliphatic carbocycles. The number of nitrogens with zero attached hydrogens (tertiary/aromatic N) is 1. The Balaban J connectivity index is 1.66. The molecule has 1 N–H and O–H groups in total. The molecule has 0 radical (unpaired) electrons. The first-order valence-electron chi connectivity index (χ1n) is 11.2. The summed E-state index contributed by atoms with van der Waals surface area (Å²) >= 11 is 0. The molecule has 0 fully saturated rings. The molecule has 35 heavy (non-hydrogen) atoms. The van der Waals surface area contributed by atoms with E-state index in [0.717, 1.165) is 11.1 Å². The first kappa shape index (κ1) is 25.2. The maximum Gasteiger partial charge on any atom is 0.271 e. The zero-order valence-electron chi connectivity index (χ0n) is 19.8. The maximum atomic E-state index is 12.6. The highest BCUT2D eigenvalue weighted by atomic mass is 16.5. The molecule has 0 aliphatic rings. The quantitative estimate of drug-likeness (QED) is 0.232. The number of ether oxygens (including phenoxy) is 4. The summed E-state index contributed by atoms with van der Waals surface area (Å²) in [4.78, 5) is 12.6. The van der Waals surface area contributed by atoms with E-state index in [-0.39, 0.29) is 12.5 Å². The zero-order chi connectivity index (χ0) is 24.9. The van der Waals surface area contributed by atoms with Crippen molar-refractivity contribution in [1.82, 2.24) is 5.43 Å². The fraction of sp³-hybridized carbons (Fsp3) is 0.214. The molecule has 0 saturated carbocycles. The molecule has 7 nitrogen and oxygen atoms in total. The maximum absolute atomic E-state index is 12.6. The van der Waals surface area contributed by atoms with Crippen molar-refractivity contribution in [3.8, 4) is 35.3 Å². The second-order valence-electron chi connectivity index (χ2n) is 7.20. The molecule has 180 valence electrons. The van der Waals surface area contributed by atoms with Crippen molar-refractivity contribution in [2.75, 3.05) is 19.8 Å². The Morgan fingerprint density at radius 1 is 0.886 bits per heavy atom. The van der Waals surface area contributed by atoms with Crippen molar-refractivity contribution in [3.63, 3.8) is 0 Å². The Morgan fingerprint density at radius 3 is 2.29 bits per heavy atom. The van der Waals surface area contributed by atoms with Gasteiger partial charge in [0.25, 0.3) is 5.91 Å². The average Bonchev–Trinajstić information content (AvgIpc) is 2.88. The number of carbonyl (C=O) groups is 1. The van der Waals surface area contributed by atoms with E-state index in [1.54, 1.807) is 36.4 Å². The van der Waals surface area contributed by atoms with E-state index in [4.69, 9.17) is 25.4 Å². The lowest BCUT2D eigenvalue weighted by Gasteiger charge is -2.13. The van der Waals surface area contributed by atoms with E-state index in [1.807, 2.05) is 44.2 Å². The Bertz CT molecular complexity index is 1190. The van der Waals surface area contributed by atoms with Crippen LogP contribution >= 0.6 is 0 Å². The van der Waals surface area contributed by atoms with Crippen LogP contribution in [-0.4, -0.2) is 31.9 Å². The van der Waals surface area contributed by atoms with Gasteiger partial charge in [0.15, 0.2) is 23.0 Å². The summed E-state index contributed by atoms with van der Waals surface area (Å²) in [5, 5.41) is 4.06. The minimum Gasteiger partial charge on any atom is -0.490 e. The smallest absolute Gasteiger partial charge is 0.271 e. The number of hydrazone groups is 1. The van der Waals surface area contributed by atoms with E-state index in [9.17, 15) is 4.79 Å². The SMILES string of the molecule is C#CCOc1ccc(/C=N/NC(=O)c2ccc(OCc3ccccc3)c(OCC)c2)cc1OCC. The van der Waals surface area contributed by atoms with Crippen LogP contribution in [0.25, 0.3) is 0 Å². The molecule has 0 aromatic heterocycles. The number of amides is 1. The number of hydrogen-bond donors (Lipinski definition) is 1. The molecule has 3 rings (SSSR count). The van der Waals surface area contributed by atoms with Gasteiger partial charge in [-0.1, -0.05) is 36.3 Å². The molecule has 7 heteroatoms. The van der Waals surface area contributed by atoms with Crippen molar-refractivity contribution in [1.29, 1.82) is 0 Å². The largest absolute Gasteiger partial charge is 0.490 e. The summed E-state index contributed by atoms with van der Waals surface area (Å²) in [6.45, 7) is 5.19. The van der Waals surface area contributed by atoms with Crippen LogP contribution in [0.15, 0.2) is 71.8 Å². The third-order valence-corrected chi connectivity index (χ3v) is 4.70. The van der Waals surface area contributed by atoms with Gasteiger partial charge in [-0.25, -0.2) is 5.43 Å². The van der Waals surface area contributed by atoms with E-state index in [2.05, 4.69) is 16.4 Å². The van der Waals surface area contributed by atoms with Crippen molar-refractivity contribution in [3.05, 3.63) is 83.4 Å². The lowest BCUT2D eigenvalue weighted by Crippen LogP contribution is -2.17. The second-order valence-corrected chi connectivity index (χ2v) is 7.20. The van der Waals surface area contributed by atoms with Gasteiger partial charge < -0.3 is 18.9 Å². The Labute approximate surface area is 205 Å². The molecule has 0 aliphatic heterocycles. The van der Waals surface area contributed by atoms with Crippen LogP contribution in [0.1, 0.15) is 35.3 Å². The lowest BCUT2D eigenvalue weighted by atomic mass is 10.2. The number of benzene rings is 3. The summed E-state index contributed by atoms with van der Waals surface area (Å²) in [7, 11) is 0. The standard InChI is InChI=1S/C28H28N2O5/c1-4-16-34-24-14-12-22(17-26(24)32-5-2)19-29-30-28(31)23-13-15-25(27(18-23)33-6-3)35-20-21-10-8-7-9-11-21/h1,7-15,17-19H,5-6,16,20H2,2-3H3,(H,30,31)/b29-19+. The molecular formula is C28H28N2O5. The van der Waals surface area contributed by atoms with Crippen LogP contribution < -0.4 is 24.4 Å². The van der Waals surface area contributed by atoms with Gasteiger partial charge in [0.2, 0.25) is 0 Å². The van der Waals surface area contributed by atoms with Gasteiger partial charge in [0.1, 0.15) is 13.2 Å². The average molecular weight is 473 g/mol. The van der Waals surface area contributed by atoms with Crippen LogP contribution in [0, 0.1) is 12.3 Å². The number of carbonyl (C=O) groups excluding carboxylic acids is 1. The minimum absolute atomic E-state index is 0.142. The molecule has 0 atom stereocenters. The zero-order valence-corrected chi connectivity index (χ0v) is 19.8. The fourth-order valence-corrected chi connectivity index (χ4v) is 3.11. The summed E-state index contributed by atoms with van der Waals surface area (Å²) in [5.74, 6) is 4.19. The summed E-state index contributed by atoms with van der Waals surface area (Å²) in [6, 6.07) is 20.1. The van der Waals surface area contributed by atoms with Crippen LogP contribution in [0.2, 0.25) is 0 Å². The van der Waals surface area contributed by atoms with Crippen molar-refractivity contribution < 1.29 is 23.7 Å². The van der Waals surface area contributed by atoms with Gasteiger partial charge >= 0.3 is 0 Å². The molecule has 3 aromatic carbocycles. The molecule has 0 spiro atoms. The van der Waals surface area contributed by atoms with Gasteiger partial charge in [-0.15, -0.1) is 6.42 Å². The van der Waals surface area contributed by atoms with Crippen molar-refractivity contribution in [2.45, 2.75) is 20.5 Å². The Morgan fingerprint density at radius 2 is 1.57 bits per heavy atom. The summed E-state index contributed by atoms with van der Waals surface area (Å²) < 4.78 is 22.7. The highest BCUT2D eigenvalue weighted by molar-refractivity contribution is 5.95. The first-order valence-corrected chi connectivity index (χ1v) is 11.2. The molecule has 0 heterocycles. The topological polar surface area (TPSA) is 78.4 Å². The van der Waals surface area contributed by atoms with E-state index in [0.29, 0.717) is 48.4 Å². The highest BCUT2D eigenvalue weighted by Gasteiger charge is 2.12. The Kier molecular flexibility index (Phi) is 9.58. The van der Waals surface area contributed by atoms with E-state index in [1.165, 1.54) is 6.21 Å². The predicted molar refractivity (Wildman–Crippen MR) is 135 cm³/mol. The van der Waals surface area contributed by atoms with Gasteiger partial charge in [-0.2, -0.15) is 5.10 Å². The monoisotopic (exact) mass is 472 g/mol. The van der Waals surface area contributed by atoms with Crippen LogP contribution in [0.4, 0.5) is 0 Å². The number of hydrogen-bond acceptors (Lipinski definition) is 6. The van der Waals surface area contributed by atoms with Crippen LogP contribution in [-0.2, 0) is 6.61 Å². The third-order valence-electron chi connectivity index (χ3n) is 4.70. The third kappa shape index (κ3) is 7.54. The lowest BCUT2D eigenvalue weighted by molar-refractivity contribution is 0.0954. The summed E-state index contributed by atoms with van der Waals surface area (Å²) in [5.41, 5.74) is 4.68. The van der Waals surface area contributed by atoms with Gasteiger partial charge in [0.05, 0.1) is 19.4 Å². The van der Waals surface area contributed by atoms with Gasteiger partial charge in [-0.3, -0.25) is 4.79 Å². The van der Waals surface area contributed by atoms with Crippen LogP contribution in [0.5, 0.6) is 23.0 Å². The van der Waals surface area contributed by atoms with Crippen molar-refractivity contribution >= 4 is 12.1 Å².